The van der Waals surface area contributed by atoms with Crippen LogP contribution in [0, 0.1) is 20.2 Å². The summed E-state index contributed by atoms with van der Waals surface area (Å²) in [5.74, 6) is 0. The topological polar surface area (TPSA) is 99.2 Å². The van der Waals surface area contributed by atoms with Crippen molar-refractivity contribution in [1.29, 1.82) is 0 Å². The third-order valence-corrected chi connectivity index (χ3v) is 3.36. The smallest absolute Gasteiger partial charge is 0.258 e. The van der Waals surface area contributed by atoms with Crippen molar-refractivity contribution in [3.8, 4) is 0 Å². The minimum absolute atomic E-state index is 0.0172. The number of non-ortho nitro benzene ring substituents is 1. The Bertz CT molecular complexity index is 678. The number of aromatic nitrogens is 1. The van der Waals surface area contributed by atoms with Crippen molar-refractivity contribution in [2.24, 2.45) is 0 Å². The van der Waals surface area contributed by atoms with Crippen LogP contribution in [0.4, 0.5) is 11.4 Å². The SMILES string of the molecule is O=[N+]([O-])c1ccc(Sc2cc([N+](=O)[O-])cc(Cl)n2)cc1. The number of nitrogens with zero attached hydrogens (tertiary/aromatic N) is 3. The molecule has 9 heteroatoms. The number of pyridine rings is 1. The van der Waals surface area contributed by atoms with Crippen molar-refractivity contribution in [2.75, 3.05) is 0 Å². The van der Waals surface area contributed by atoms with Gasteiger partial charge in [0.2, 0.25) is 0 Å². The van der Waals surface area contributed by atoms with Gasteiger partial charge in [0.1, 0.15) is 10.2 Å². The normalized spacial score (nSPS) is 10.2. The molecule has 0 spiro atoms. The second-order valence-corrected chi connectivity index (χ2v) is 5.08. The van der Waals surface area contributed by atoms with Crippen LogP contribution < -0.4 is 0 Å². The summed E-state index contributed by atoms with van der Waals surface area (Å²) >= 11 is 6.84. The largest absolute Gasteiger partial charge is 0.275 e. The van der Waals surface area contributed by atoms with Crippen molar-refractivity contribution >= 4 is 34.7 Å². The quantitative estimate of drug-likeness (QED) is 0.485. The van der Waals surface area contributed by atoms with E-state index in [4.69, 9.17) is 11.6 Å². The molecule has 20 heavy (non-hydrogen) atoms. The summed E-state index contributed by atoms with van der Waals surface area (Å²) in [4.78, 5) is 24.8. The molecular weight excluding hydrogens is 306 g/mol. The fourth-order valence-electron chi connectivity index (χ4n) is 1.37. The number of nitro benzene ring substituents is 1. The van der Waals surface area contributed by atoms with Gasteiger partial charge in [0.05, 0.1) is 15.9 Å². The molecule has 1 aromatic heterocycles. The van der Waals surface area contributed by atoms with E-state index in [0.717, 1.165) is 17.8 Å². The molecule has 0 aliphatic carbocycles. The van der Waals surface area contributed by atoms with Crippen LogP contribution in [0.1, 0.15) is 0 Å². The zero-order valence-corrected chi connectivity index (χ0v) is 11.3. The van der Waals surface area contributed by atoms with E-state index in [1.165, 1.54) is 30.3 Å². The molecule has 0 atom stereocenters. The lowest BCUT2D eigenvalue weighted by atomic mass is 10.3. The fraction of sp³-hybridized carbons (Fsp3) is 0. The third kappa shape index (κ3) is 3.43. The number of halogens is 1. The van der Waals surface area contributed by atoms with Gasteiger partial charge in [0.15, 0.2) is 0 Å². The van der Waals surface area contributed by atoms with E-state index in [0.29, 0.717) is 9.92 Å². The molecular formula is C11H6ClN3O4S. The molecule has 0 saturated heterocycles. The second-order valence-electron chi connectivity index (χ2n) is 3.60. The van der Waals surface area contributed by atoms with Gasteiger partial charge < -0.3 is 0 Å². The Morgan fingerprint density at radius 1 is 1.00 bits per heavy atom. The lowest BCUT2D eigenvalue weighted by Crippen LogP contribution is -1.91. The molecule has 1 heterocycles. The van der Waals surface area contributed by atoms with Gasteiger partial charge in [0.25, 0.3) is 11.4 Å². The van der Waals surface area contributed by atoms with Crippen LogP contribution in [0.5, 0.6) is 0 Å². The Hall–Kier alpha value is -2.19. The number of hydrogen-bond donors (Lipinski definition) is 0. The summed E-state index contributed by atoms with van der Waals surface area (Å²) in [5.41, 5.74) is -0.186. The Kier molecular flexibility index (Phi) is 4.16. The maximum absolute atomic E-state index is 10.7. The molecule has 1 aromatic carbocycles. The average molecular weight is 312 g/mol. The minimum atomic E-state index is -0.562. The molecule has 0 fully saturated rings. The highest BCUT2D eigenvalue weighted by molar-refractivity contribution is 7.99. The van der Waals surface area contributed by atoms with Gasteiger partial charge in [0, 0.05) is 23.1 Å². The monoisotopic (exact) mass is 311 g/mol. The van der Waals surface area contributed by atoms with Gasteiger partial charge >= 0.3 is 0 Å². The van der Waals surface area contributed by atoms with Crippen molar-refractivity contribution in [3.63, 3.8) is 0 Å². The van der Waals surface area contributed by atoms with Gasteiger partial charge in [-0.05, 0) is 12.1 Å². The number of benzene rings is 1. The molecule has 0 amide bonds. The van der Waals surface area contributed by atoms with E-state index in [-0.39, 0.29) is 16.5 Å². The highest BCUT2D eigenvalue weighted by atomic mass is 35.5. The Labute approximate surface area is 121 Å². The van der Waals surface area contributed by atoms with E-state index >= 15 is 0 Å². The molecule has 7 nitrogen and oxygen atoms in total. The van der Waals surface area contributed by atoms with Crippen molar-refractivity contribution in [3.05, 3.63) is 61.8 Å². The first-order chi connectivity index (χ1) is 9.45. The molecule has 0 radical (unpaired) electrons. The van der Waals surface area contributed by atoms with Crippen LogP contribution in [0.15, 0.2) is 46.3 Å². The number of hydrogen-bond acceptors (Lipinski definition) is 6. The lowest BCUT2D eigenvalue weighted by molar-refractivity contribution is -0.385. The zero-order chi connectivity index (χ0) is 14.7. The molecule has 0 unspecified atom stereocenters. The van der Waals surface area contributed by atoms with E-state index in [1.54, 1.807) is 0 Å². The van der Waals surface area contributed by atoms with Gasteiger partial charge in [-0.3, -0.25) is 20.2 Å². The molecule has 0 bridgehead atoms. The maximum atomic E-state index is 10.7. The molecule has 0 saturated carbocycles. The molecule has 0 aliphatic heterocycles. The van der Waals surface area contributed by atoms with E-state index < -0.39 is 9.85 Å². The highest BCUT2D eigenvalue weighted by Crippen LogP contribution is 2.31. The van der Waals surface area contributed by atoms with Crippen molar-refractivity contribution < 1.29 is 9.85 Å². The lowest BCUT2D eigenvalue weighted by Gasteiger charge is -2.01. The van der Waals surface area contributed by atoms with Crippen molar-refractivity contribution in [2.45, 2.75) is 9.92 Å². The summed E-state index contributed by atoms with van der Waals surface area (Å²) in [6.07, 6.45) is 0. The zero-order valence-electron chi connectivity index (χ0n) is 9.72. The Balaban J connectivity index is 2.25. The number of nitro groups is 2. The first kappa shape index (κ1) is 14.2. The average Bonchev–Trinajstić information content (AvgIpc) is 2.38. The van der Waals surface area contributed by atoms with Crippen LogP contribution in [0.25, 0.3) is 0 Å². The predicted molar refractivity (Wildman–Crippen MR) is 73.1 cm³/mol. The Morgan fingerprint density at radius 2 is 1.60 bits per heavy atom. The molecule has 102 valence electrons. The molecule has 2 rings (SSSR count). The van der Waals surface area contributed by atoms with Crippen LogP contribution in [0.3, 0.4) is 0 Å². The van der Waals surface area contributed by atoms with Crippen LogP contribution in [-0.4, -0.2) is 14.8 Å². The number of rotatable bonds is 4. The van der Waals surface area contributed by atoms with Gasteiger partial charge in [-0.15, -0.1) is 0 Å². The first-order valence-corrected chi connectivity index (χ1v) is 6.39. The van der Waals surface area contributed by atoms with Crippen LogP contribution >= 0.6 is 23.4 Å². The standard InChI is InChI=1S/C11H6ClN3O4S/c12-10-5-8(15(18)19)6-11(13-10)20-9-3-1-7(2-4-9)14(16)17/h1-6H. The van der Waals surface area contributed by atoms with Gasteiger partial charge in [-0.1, -0.05) is 23.4 Å². The molecule has 0 aliphatic rings. The summed E-state index contributed by atoms with van der Waals surface area (Å²) in [7, 11) is 0. The predicted octanol–water partition coefficient (Wildman–Crippen LogP) is 3.70. The molecule has 2 aromatic rings. The first-order valence-electron chi connectivity index (χ1n) is 5.20. The summed E-state index contributed by atoms with van der Waals surface area (Å²) in [6.45, 7) is 0. The van der Waals surface area contributed by atoms with Crippen LogP contribution in [0.2, 0.25) is 5.15 Å². The Morgan fingerprint density at radius 3 is 2.15 bits per heavy atom. The minimum Gasteiger partial charge on any atom is -0.258 e. The molecule has 0 N–H and O–H groups in total. The van der Waals surface area contributed by atoms with Crippen molar-refractivity contribution in [1.82, 2.24) is 4.98 Å². The summed E-state index contributed by atoms with van der Waals surface area (Å²) in [5, 5.41) is 21.6. The third-order valence-electron chi connectivity index (χ3n) is 2.24. The maximum Gasteiger partial charge on any atom is 0.275 e. The van der Waals surface area contributed by atoms with Gasteiger partial charge in [-0.25, -0.2) is 4.98 Å². The summed E-state index contributed by atoms with van der Waals surface area (Å²) in [6, 6.07) is 8.22. The van der Waals surface area contributed by atoms with E-state index in [2.05, 4.69) is 4.98 Å². The second kappa shape index (κ2) is 5.85. The highest BCUT2D eigenvalue weighted by Gasteiger charge is 2.12. The van der Waals surface area contributed by atoms with E-state index in [1.807, 2.05) is 0 Å². The fourth-order valence-corrected chi connectivity index (χ4v) is 2.46. The summed E-state index contributed by atoms with van der Waals surface area (Å²) < 4.78 is 0. The van der Waals surface area contributed by atoms with Gasteiger partial charge in [-0.2, -0.15) is 0 Å². The van der Waals surface area contributed by atoms with Crippen LogP contribution in [-0.2, 0) is 0 Å². The van der Waals surface area contributed by atoms with E-state index in [9.17, 15) is 20.2 Å².